The summed E-state index contributed by atoms with van der Waals surface area (Å²) in [7, 11) is 1.64. The van der Waals surface area contributed by atoms with Gasteiger partial charge in [-0.25, -0.2) is 0 Å². The Kier molecular flexibility index (Phi) is 8.18. The van der Waals surface area contributed by atoms with Gasteiger partial charge in [-0.05, 0) is 24.6 Å². The number of benzene rings is 1. The van der Waals surface area contributed by atoms with E-state index in [1.165, 1.54) is 0 Å². The fourth-order valence-electron chi connectivity index (χ4n) is 2.82. The molecule has 0 spiro atoms. The first kappa shape index (κ1) is 19.7. The van der Waals surface area contributed by atoms with Gasteiger partial charge in [-0.1, -0.05) is 17.7 Å². The third-order valence-corrected chi connectivity index (χ3v) is 4.44. The lowest BCUT2D eigenvalue weighted by molar-refractivity contribution is -0.131. The van der Waals surface area contributed by atoms with Crippen molar-refractivity contribution in [3.05, 3.63) is 34.9 Å². The summed E-state index contributed by atoms with van der Waals surface area (Å²) < 4.78 is 5.08. The molecule has 2 amide bonds. The van der Waals surface area contributed by atoms with E-state index in [0.717, 1.165) is 32.6 Å². The second kappa shape index (κ2) is 10.4. The van der Waals surface area contributed by atoms with E-state index in [9.17, 15) is 9.59 Å². The van der Waals surface area contributed by atoms with E-state index >= 15 is 0 Å². The Balaban J connectivity index is 1.96. The number of carbonyl (C=O) groups excluding carboxylic acids is 2. The molecule has 0 unspecified atom stereocenters. The fourth-order valence-corrected chi connectivity index (χ4v) is 3.01. The van der Waals surface area contributed by atoms with Crippen LogP contribution >= 0.6 is 11.6 Å². The highest BCUT2D eigenvalue weighted by molar-refractivity contribution is 6.30. The zero-order chi connectivity index (χ0) is 18.1. The van der Waals surface area contributed by atoms with Gasteiger partial charge in [0, 0.05) is 70.0 Å². The first-order valence-corrected chi connectivity index (χ1v) is 9.02. The molecule has 1 aliphatic heterocycles. The van der Waals surface area contributed by atoms with E-state index < -0.39 is 0 Å². The minimum atomic E-state index is -0.105. The molecule has 1 N–H and O–H groups in total. The maximum atomic E-state index is 12.8. The Morgan fingerprint density at radius 3 is 2.72 bits per heavy atom. The minimum absolute atomic E-state index is 0.0946. The Bertz CT molecular complexity index is 576. The van der Waals surface area contributed by atoms with Gasteiger partial charge < -0.3 is 19.9 Å². The van der Waals surface area contributed by atoms with Gasteiger partial charge >= 0.3 is 0 Å². The van der Waals surface area contributed by atoms with Crippen LogP contribution in [0.3, 0.4) is 0 Å². The van der Waals surface area contributed by atoms with Crippen molar-refractivity contribution in [1.82, 2.24) is 15.1 Å². The lowest BCUT2D eigenvalue weighted by Crippen LogP contribution is -2.47. The van der Waals surface area contributed by atoms with Crippen molar-refractivity contribution in [2.45, 2.75) is 12.8 Å². The highest BCUT2D eigenvalue weighted by Gasteiger charge is 2.20. The predicted molar refractivity (Wildman–Crippen MR) is 97.9 cm³/mol. The van der Waals surface area contributed by atoms with Crippen LogP contribution in [0, 0.1) is 0 Å². The first-order chi connectivity index (χ1) is 12.1. The molecule has 0 radical (unpaired) electrons. The number of rotatable bonds is 8. The monoisotopic (exact) mass is 367 g/mol. The topological polar surface area (TPSA) is 61.9 Å². The van der Waals surface area contributed by atoms with Crippen LogP contribution in [0.2, 0.25) is 5.02 Å². The summed E-state index contributed by atoms with van der Waals surface area (Å²) in [6, 6.07) is 6.90. The van der Waals surface area contributed by atoms with Crippen LogP contribution in [0.4, 0.5) is 0 Å². The van der Waals surface area contributed by atoms with Crippen LogP contribution in [-0.2, 0) is 9.53 Å². The average molecular weight is 368 g/mol. The van der Waals surface area contributed by atoms with Crippen molar-refractivity contribution in [3.8, 4) is 0 Å². The quantitative estimate of drug-likeness (QED) is 0.709. The zero-order valence-electron chi connectivity index (χ0n) is 14.7. The summed E-state index contributed by atoms with van der Waals surface area (Å²) in [5.74, 6) is -0.0103. The fraction of sp³-hybridized carbons (Fsp3) is 0.556. The molecule has 0 bridgehead atoms. The van der Waals surface area contributed by atoms with Crippen LogP contribution in [0.5, 0.6) is 0 Å². The third kappa shape index (κ3) is 6.30. The summed E-state index contributed by atoms with van der Waals surface area (Å²) in [4.78, 5) is 28.7. The highest BCUT2D eigenvalue weighted by Crippen LogP contribution is 2.14. The van der Waals surface area contributed by atoms with Gasteiger partial charge in [0.05, 0.1) is 0 Å². The molecule has 1 fully saturated rings. The lowest BCUT2D eigenvalue weighted by atomic mass is 10.2. The molecule has 0 aromatic heterocycles. The molecule has 138 valence electrons. The molecule has 1 aliphatic rings. The number of nitrogens with zero attached hydrogens (tertiary/aromatic N) is 2. The van der Waals surface area contributed by atoms with E-state index in [2.05, 4.69) is 5.32 Å². The van der Waals surface area contributed by atoms with Crippen molar-refractivity contribution in [3.63, 3.8) is 0 Å². The highest BCUT2D eigenvalue weighted by atomic mass is 35.5. The summed E-state index contributed by atoms with van der Waals surface area (Å²) in [6.07, 6.45) is 1.06. The molecule has 7 heteroatoms. The molecule has 0 aliphatic carbocycles. The van der Waals surface area contributed by atoms with Gasteiger partial charge in [0.25, 0.3) is 5.91 Å². The molecule has 1 heterocycles. The Morgan fingerprint density at radius 1 is 1.28 bits per heavy atom. The average Bonchev–Trinajstić information content (AvgIpc) is 2.64. The van der Waals surface area contributed by atoms with Crippen molar-refractivity contribution in [2.24, 2.45) is 0 Å². The van der Waals surface area contributed by atoms with Gasteiger partial charge in [0.1, 0.15) is 0 Å². The van der Waals surface area contributed by atoms with Crippen LogP contribution in [0.15, 0.2) is 24.3 Å². The Hall–Kier alpha value is -1.63. The molecule has 1 saturated heterocycles. The number of methoxy groups -OCH3 is 1. The number of piperazine rings is 1. The molecular formula is C18H26ClN3O3. The second-order valence-electron chi connectivity index (χ2n) is 6.03. The third-order valence-electron chi connectivity index (χ3n) is 4.20. The van der Waals surface area contributed by atoms with Crippen LogP contribution < -0.4 is 5.32 Å². The number of amides is 2. The van der Waals surface area contributed by atoms with Crippen molar-refractivity contribution < 1.29 is 14.3 Å². The number of halogens is 1. The normalized spacial score (nSPS) is 14.4. The minimum Gasteiger partial charge on any atom is -0.385 e. The smallest absolute Gasteiger partial charge is 0.253 e. The van der Waals surface area contributed by atoms with E-state index in [1.807, 2.05) is 4.90 Å². The Morgan fingerprint density at radius 2 is 2.04 bits per heavy atom. The van der Waals surface area contributed by atoms with E-state index in [-0.39, 0.29) is 11.8 Å². The van der Waals surface area contributed by atoms with Gasteiger partial charge in [0.2, 0.25) is 5.91 Å². The summed E-state index contributed by atoms with van der Waals surface area (Å²) in [6.45, 7) is 4.63. The molecule has 0 atom stereocenters. The van der Waals surface area contributed by atoms with Crippen LogP contribution in [-0.4, -0.2) is 74.6 Å². The first-order valence-electron chi connectivity index (χ1n) is 8.64. The number of nitrogens with one attached hydrogen (secondary N) is 1. The molecule has 1 aromatic rings. The van der Waals surface area contributed by atoms with Crippen LogP contribution in [0.1, 0.15) is 23.2 Å². The van der Waals surface area contributed by atoms with E-state index in [4.69, 9.17) is 16.3 Å². The van der Waals surface area contributed by atoms with Gasteiger partial charge in [-0.2, -0.15) is 0 Å². The summed E-state index contributed by atoms with van der Waals surface area (Å²) >= 11 is 5.99. The summed E-state index contributed by atoms with van der Waals surface area (Å²) in [5.41, 5.74) is 0.541. The van der Waals surface area contributed by atoms with Crippen molar-refractivity contribution >= 4 is 23.4 Å². The van der Waals surface area contributed by atoms with Crippen LogP contribution in [0.25, 0.3) is 0 Å². The number of ether oxygens (including phenoxy) is 1. The molecule has 1 aromatic carbocycles. The molecular weight excluding hydrogens is 342 g/mol. The summed E-state index contributed by atoms with van der Waals surface area (Å²) in [5, 5.41) is 3.76. The number of hydrogen-bond donors (Lipinski definition) is 1. The van der Waals surface area contributed by atoms with E-state index in [0.29, 0.717) is 36.7 Å². The standard InChI is InChI=1S/C18H26ClN3O3/c1-25-13-3-9-22(18(24)15-4-2-5-16(19)14-15)10-6-17(23)21-11-7-20-8-12-21/h2,4-5,14,20H,3,6-13H2,1H3. The molecule has 0 saturated carbocycles. The largest absolute Gasteiger partial charge is 0.385 e. The van der Waals surface area contributed by atoms with Gasteiger partial charge in [-0.15, -0.1) is 0 Å². The SMILES string of the molecule is COCCCN(CCC(=O)N1CCNCC1)C(=O)c1cccc(Cl)c1. The van der Waals surface area contributed by atoms with E-state index in [1.54, 1.807) is 36.3 Å². The maximum absolute atomic E-state index is 12.8. The molecule has 2 rings (SSSR count). The lowest BCUT2D eigenvalue weighted by Gasteiger charge is -2.29. The van der Waals surface area contributed by atoms with Crippen molar-refractivity contribution in [1.29, 1.82) is 0 Å². The Labute approximate surface area is 154 Å². The predicted octanol–water partition coefficient (Wildman–Crippen LogP) is 1.64. The number of hydrogen-bond acceptors (Lipinski definition) is 4. The molecule has 6 nitrogen and oxygen atoms in total. The second-order valence-corrected chi connectivity index (χ2v) is 6.47. The molecule has 25 heavy (non-hydrogen) atoms. The van der Waals surface area contributed by atoms with Gasteiger partial charge in [0.15, 0.2) is 0 Å². The van der Waals surface area contributed by atoms with Crippen molar-refractivity contribution in [2.75, 3.05) is 53.0 Å². The zero-order valence-corrected chi connectivity index (χ0v) is 15.4. The number of carbonyl (C=O) groups is 2. The maximum Gasteiger partial charge on any atom is 0.253 e. The van der Waals surface area contributed by atoms with Gasteiger partial charge in [-0.3, -0.25) is 9.59 Å².